The number of rotatable bonds is 10. The number of hydrogen-bond donors (Lipinski definition) is 3. The number of likely N-dealkylation sites (tertiary alicyclic amines) is 1. The lowest BCUT2D eigenvalue weighted by atomic mass is 9.77. The smallest absolute Gasteiger partial charge is 0.248 e. The van der Waals surface area contributed by atoms with Gasteiger partial charge in [0, 0.05) is 36.9 Å². The Morgan fingerprint density at radius 3 is 2.38 bits per heavy atom. The van der Waals surface area contributed by atoms with Gasteiger partial charge in [0.1, 0.15) is 11.6 Å². The van der Waals surface area contributed by atoms with Crippen LogP contribution >= 0.6 is 12.4 Å². The number of aromatic nitrogens is 2. The Labute approximate surface area is 257 Å². The second-order valence-electron chi connectivity index (χ2n) is 12.6. The van der Waals surface area contributed by atoms with Gasteiger partial charge in [-0.2, -0.15) is 5.10 Å². The van der Waals surface area contributed by atoms with E-state index in [0.29, 0.717) is 19.4 Å². The van der Waals surface area contributed by atoms with Crippen LogP contribution in [0.15, 0.2) is 30.3 Å². The third-order valence-corrected chi connectivity index (χ3v) is 10.1. The molecule has 0 bridgehead atoms. The predicted octanol–water partition coefficient (Wildman–Crippen LogP) is 5.03. The molecule has 1 aromatic heterocycles. The third kappa shape index (κ3) is 6.56. The lowest BCUT2D eigenvalue weighted by Crippen LogP contribution is -2.75. The fourth-order valence-electron chi connectivity index (χ4n) is 7.67. The lowest BCUT2D eigenvalue weighted by Gasteiger charge is -2.53. The number of H-pyrrole nitrogens is 1. The summed E-state index contributed by atoms with van der Waals surface area (Å²) in [4.78, 5) is 32.3. The highest BCUT2D eigenvalue weighted by Gasteiger charge is 2.55. The first-order valence-corrected chi connectivity index (χ1v) is 16.0. The molecule has 1 aliphatic carbocycles. The van der Waals surface area contributed by atoms with Crippen LogP contribution in [-0.4, -0.2) is 74.2 Å². The van der Waals surface area contributed by atoms with Gasteiger partial charge in [-0.15, -0.1) is 12.4 Å². The van der Waals surface area contributed by atoms with E-state index in [-0.39, 0.29) is 36.2 Å². The Morgan fingerprint density at radius 1 is 1.07 bits per heavy atom. The van der Waals surface area contributed by atoms with E-state index in [1.165, 1.54) is 17.5 Å². The molecule has 3 heterocycles. The van der Waals surface area contributed by atoms with Crippen LogP contribution in [0.4, 0.5) is 0 Å². The zero-order chi connectivity index (χ0) is 29.0. The van der Waals surface area contributed by atoms with Crippen molar-refractivity contribution in [1.29, 1.82) is 0 Å². The van der Waals surface area contributed by atoms with Gasteiger partial charge in [0.25, 0.3) is 0 Å². The van der Waals surface area contributed by atoms with Crippen LogP contribution in [0, 0.1) is 19.8 Å². The van der Waals surface area contributed by atoms with E-state index < -0.39 is 17.7 Å². The van der Waals surface area contributed by atoms with E-state index in [9.17, 15) is 14.7 Å². The quantitative estimate of drug-likeness (QED) is 0.356. The number of piperidine rings is 1. The number of halogens is 1. The second kappa shape index (κ2) is 14.4. The van der Waals surface area contributed by atoms with Gasteiger partial charge < -0.3 is 15.3 Å². The fourth-order valence-corrected chi connectivity index (χ4v) is 7.67. The minimum absolute atomic E-state index is 0. The first-order chi connectivity index (χ1) is 19.9. The molecule has 5 rings (SSSR count). The number of aliphatic hydroxyl groups is 1. The maximum Gasteiger partial charge on any atom is 0.248 e. The summed E-state index contributed by atoms with van der Waals surface area (Å²) in [6.07, 6.45) is 9.28. The largest absolute Gasteiger partial charge is 0.390 e. The fraction of sp³-hybridized carbons (Fsp3) is 0.667. The molecule has 3 N–H and O–H groups in total. The van der Waals surface area contributed by atoms with Crippen molar-refractivity contribution in [3.05, 3.63) is 52.8 Å². The molecule has 0 radical (unpaired) electrons. The van der Waals surface area contributed by atoms with Crippen LogP contribution in [0.2, 0.25) is 0 Å². The van der Waals surface area contributed by atoms with Crippen LogP contribution in [0.1, 0.15) is 99.7 Å². The first kappa shape index (κ1) is 32.5. The number of unbranched alkanes of at least 4 members (excludes halogenated alkanes) is 1. The normalized spacial score (nSPS) is 23.0. The average molecular weight is 600 g/mol. The number of aliphatic hydroxyl groups excluding tert-OH is 1. The summed E-state index contributed by atoms with van der Waals surface area (Å²) >= 11 is 0. The van der Waals surface area contributed by atoms with Gasteiger partial charge >= 0.3 is 0 Å². The SMILES string of the molecule is CCCCN1C(=O)[C@@H]([C@H](O)C2CCCCC2)NC(=O)C12CCN(C(CCc1ccccc1)c1c(C)n[nH]c1C)CC2.Cl. The van der Waals surface area contributed by atoms with Crippen molar-refractivity contribution >= 4 is 24.2 Å². The average Bonchev–Trinajstić information content (AvgIpc) is 3.34. The van der Waals surface area contributed by atoms with E-state index in [1.54, 1.807) is 0 Å². The number of carbonyl (C=O) groups is 2. The van der Waals surface area contributed by atoms with E-state index in [4.69, 9.17) is 0 Å². The molecule has 2 amide bonds. The monoisotopic (exact) mass is 599 g/mol. The van der Waals surface area contributed by atoms with Crippen molar-refractivity contribution in [1.82, 2.24) is 25.3 Å². The van der Waals surface area contributed by atoms with Crippen LogP contribution < -0.4 is 5.32 Å². The predicted molar refractivity (Wildman–Crippen MR) is 167 cm³/mol. The standard InChI is InChI=1S/C33H49N5O3.ClH/c1-4-5-20-38-31(40)29(30(39)26-14-10-7-11-15-26)34-32(41)33(38)18-21-37(22-19-33)27(28-23(2)35-36-24(28)3)17-16-25-12-8-6-9-13-25;/h6,8-9,12-13,26-27,29-30,39H,4-5,7,10-11,14-22H2,1-3H3,(H,34,41)(H,35,36);1H/t27?,29-,30-;/m1./s1. The number of aromatic amines is 1. The highest BCUT2D eigenvalue weighted by Crippen LogP contribution is 2.40. The summed E-state index contributed by atoms with van der Waals surface area (Å²) in [6, 6.07) is 9.93. The number of piperazine rings is 1. The van der Waals surface area contributed by atoms with Gasteiger partial charge in [-0.05, 0) is 70.3 Å². The van der Waals surface area contributed by atoms with Gasteiger partial charge in [0.15, 0.2) is 0 Å². The Kier molecular flexibility index (Phi) is 11.1. The van der Waals surface area contributed by atoms with Crippen LogP contribution in [0.5, 0.6) is 0 Å². The van der Waals surface area contributed by atoms with Crippen LogP contribution in [0.3, 0.4) is 0 Å². The Hall–Kier alpha value is -2.42. The number of nitrogens with zero attached hydrogens (tertiary/aromatic N) is 3. The summed E-state index contributed by atoms with van der Waals surface area (Å²) in [6.45, 7) is 8.29. The molecule has 2 aliphatic heterocycles. The minimum Gasteiger partial charge on any atom is -0.390 e. The molecule has 9 heteroatoms. The van der Waals surface area contributed by atoms with Gasteiger partial charge in [-0.1, -0.05) is 62.9 Å². The van der Waals surface area contributed by atoms with E-state index >= 15 is 0 Å². The molecular formula is C33H50ClN5O3. The number of benzene rings is 1. The summed E-state index contributed by atoms with van der Waals surface area (Å²) in [5.41, 5.74) is 3.83. The molecule has 1 saturated carbocycles. The second-order valence-corrected chi connectivity index (χ2v) is 12.6. The molecule has 1 unspecified atom stereocenters. The summed E-state index contributed by atoms with van der Waals surface area (Å²) in [7, 11) is 0. The molecule has 8 nitrogen and oxygen atoms in total. The number of nitrogens with one attached hydrogen (secondary N) is 2. The third-order valence-electron chi connectivity index (χ3n) is 10.1. The number of aryl methyl sites for hydroxylation is 3. The molecule has 3 aliphatic rings. The summed E-state index contributed by atoms with van der Waals surface area (Å²) < 4.78 is 0. The maximum atomic E-state index is 14.0. The molecule has 2 aromatic rings. The van der Waals surface area contributed by atoms with Gasteiger partial charge in [-0.3, -0.25) is 19.6 Å². The van der Waals surface area contributed by atoms with Crippen LogP contribution in [0.25, 0.3) is 0 Å². The zero-order valence-corrected chi connectivity index (χ0v) is 26.4. The highest BCUT2D eigenvalue weighted by atomic mass is 35.5. The van der Waals surface area contributed by atoms with Crippen molar-refractivity contribution < 1.29 is 14.7 Å². The minimum atomic E-state index is -0.851. The summed E-state index contributed by atoms with van der Waals surface area (Å²) in [5.74, 6) is -0.0929. The molecule has 2 saturated heterocycles. The van der Waals surface area contributed by atoms with E-state index in [2.05, 4.69) is 71.5 Å². The first-order valence-electron chi connectivity index (χ1n) is 16.0. The molecule has 1 aromatic carbocycles. The van der Waals surface area contributed by atoms with Crippen molar-refractivity contribution in [3.8, 4) is 0 Å². The number of amides is 2. The van der Waals surface area contributed by atoms with E-state index in [1.807, 2.05) is 4.90 Å². The van der Waals surface area contributed by atoms with Gasteiger partial charge in [-0.25, -0.2) is 0 Å². The summed E-state index contributed by atoms with van der Waals surface area (Å²) in [5, 5.41) is 22.0. The van der Waals surface area contributed by atoms with Crippen molar-refractivity contribution in [2.24, 2.45) is 5.92 Å². The Morgan fingerprint density at radius 2 is 1.76 bits per heavy atom. The molecule has 232 valence electrons. The molecule has 3 fully saturated rings. The van der Waals surface area contributed by atoms with Gasteiger partial charge in [0.2, 0.25) is 11.8 Å². The molecular weight excluding hydrogens is 550 g/mol. The van der Waals surface area contributed by atoms with Crippen molar-refractivity contribution in [3.63, 3.8) is 0 Å². The maximum absolute atomic E-state index is 14.0. The Bertz CT molecular complexity index is 1150. The number of carbonyl (C=O) groups excluding carboxylic acids is 2. The van der Waals surface area contributed by atoms with Crippen LogP contribution in [-0.2, 0) is 16.0 Å². The molecule has 3 atom stereocenters. The van der Waals surface area contributed by atoms with Crippen molar-refractivity contribution in [2.75, 3.05) is 19.6 Å². The Balaban J connectivity index is 0.00000405. The zero-order valence-electron chi connectivity index (χ0n) is 25.6. The molecule has 1 spiro atoms. The topological polar surface area (TPSA) is 102 Å². The van der Waals surface area contributed by atoms with E-state index in [0.717, 1.165) is 75.8 Å². The van der Waals surface area contributed by atoms with Gasteiger partial charge in [0.05, 0.1) is 11.8 Å². The lowest BCUT2D eigenvalue weighted by molar-refractivity contribution is -0.166. The molecule has 42 heavy (non-hydrogen) atoms. The highest BCUT2D eigenvalue weighted by molar-refractivity contribution is 6.00. The van der Waals surface area contributed by atoms with Crippen molar-refractivity contribution in [2.45, 2.75) is 115 Å². The number of hydrogen-bond acceptors (Lipinski definition) is 5.